The molecule has 1 saturated heterocycles. The van der Waals surface area contributed by atoms with E-state index in [1.54, 1.807) is 0 Å². The Morgan fingerprint density at radius 1 is 1.23 bits per heavy atom. The number of rotatable bonds is 6. The van der Waals surface area contributed by atoms with E-state index in [1.165, 1.54) is 27.8 Å². The van der Waals surface area contributed by atoms with E-state index in [0.29, 0.717) is 13.0 Å². The van der Waals surface area contributed by atoms with Crippen LogP contribution in [-0.2, 0) is 6.42 Å². The molecule has 1 fully saturated rings. The fourth-order valence-electron chi connectivity index (χ4n) is 4.33. The van der Waals surface area contributed by atoms with Crippen molar-refractivity contribution in [2.24, 2.45) is 4.99 Å². The maximum atomic E-state index is 13.8. The summed E-state index contributed by atoms with van der Waals surface area (Å²) in [7, 11) is 0. The SMILES string of the molecule is C=C(Cc1c(C)cc(C(=C)N2CCCC(F)C2)cc1C)/C(C)=C/C1=CCCN=C1C. The highest BCUT2D eigenvalue weighted by Crippen LogP contribution is 2.29. The zero-order chi connectivity index (χ0) is 21.8. The monoisotopic (exact) mass is 406 g/mol. The Balaban J connectivity index is 1.75. The van der Waals surface area contributed by atoms with E-state index < -0.39 is 6.17 Å². The van der Waals surface area contributed by atoms with Crippen molar-refractivity contribution >= 4 is 11.4 Å². The van der Waals surface area contributed by atoms with Gasteiger partial charge >= 0.3 is 0 Å². The molecule has 0 radical (unpaired) electrons. The van der Waals surface area contributed by atoms with Crippen molar-refractivity contribution in [1.82, 2.24) is 4.90 Å². The normalized spacial score (nSPS) is 20.0. The lowest BCUT2D eigenvalue weighted by Gasteiger charge is -2.33. The lowest BCUT2D eigenvalue weighted by atomic mass is 9.90. The summed E-state index contributed by atoms with van der Waals surface area (Å²) in [6.07, 6.45) is 7.12. The second kappa shape index (κ2) is 9.59. The zero-order valence-electron chi connectivity index (χ0n) is 19.0. The number of halogens is 1. The Bertz CT molecular complexity index is 909. The molecule has 1 atom stereocenters. The molecule has 3 heteroatoms. The molecule has 1 aromatic carbocycles. The molecule has 2 heterocycles. The summed E-state index contributed by atoms with van der Waals surface area (Å²) >= 11 is 0. The number of hydrogen-bond donors (Lipinski definition) is 0. The number of allylic oxidation sites excluding steroid dienone is 4. The molecule has 0 saturated carbocycles. The Labute approximate surface area is 181 Å². The van der Waals surface area contributed by atoms with Crippen molar-refractivity contribution in [2.45, 2.75) is 59.5 Å². The number of aryl methyl sites for hydroxylation is 2. The summed E-state index contributed by atoms with van der Waals surface area (Å²) in [6, 6.07) is 4.39. The van der Waals surface area contributed by atoms with Crippen LogP contribution in [0.4, 0.5) is 4.39 Å². The molecular weight excluding hydrogens is 371 g/mol. The first-order chi connectivity index (χ1) is 14.3. The minimum Gasteiger partial charge on any atom is -0.369 e. The Morgan fingerprint density at radius 3 is 2.57 bits per heavy atom. The van der Waals surface area contributed by atoms with Crippen LogP contribution in [0.1, 0.15) is 55.4 Å². The average Bonchev–Trinajstić information content (AvgIpc) is 2.71. The standard InChI is InChI=1S/C27H35FN2/c1-18(13-24-9-7-11-29-22(24)5)19(2)16-27-20(3)14-25(15-21(27)4)23(6)30-12-8-10-26(28)17-30/h9,13-15,26H,2,6-8,10-12,16-17H2,1,3-5H3/b18-13+. The molecule has 0 aromatic heterocycles. The largest absolute Gasteiger partial charge is 0.369 e. The van der Waals surface area contributed by atoms with Gasteiger partial charge in [0, 0.05) is 31.0 Å². The molecular formula is C27H35FN2. The maximum Gasteiger partial charge on any atom is 0.118 e. The van der Waals surface area contributed by atoms with E-state index in [9.17, 15) is 4.39 Å². The van der Waals surface area contributed by atoms with Crippen LogP contribution in [0.5, 0.6) is 0 Å². The highest BCUT2D eigenvalue weighted by atomic mass is 19.1. The van der Waals surface area contributed by atoms with E-state index in [2.05, 4.69) is 75.0 Å². The topological polar surface area (TPSA) is 15.6 Å². The predicted octanol–water partition coefficient (Wildman–Crippen LogP) is 6.54. The summed E-state index contributed by atoms with van der Waals surface area (Å²) in [6.45, 7) is 19.4. The molecule has 0 N–H and O–H groups in total. The minimum atomic E-state index is -0.747. The number of benzene rings is 1. The average molecular weight is 407 g/mol. The Morgan fingerprint density at radius 2 is 1.93 bits per heavy atom. The van der Waals surface area contributed by atoms with Crippen molar-refractivity contribution in [2.75, 3.05) is 19.6 Å². The van der Waals surface area contributed by atoms with Gasteiger partial charge in [-0.15, -0.1) is 0 Å². The van der Waals surface area contributed by atoms with E-state index in [4.69, 9.17) is 0 Å². The van der Waals surface area contributed by atoms with Crippen molar-refractivity contribution in [3.05, 3.63) is 76.4 Å². The predicted molar refractivity (Wildman–Crippen MR) is 128 cm³/mol. The molecule has 0 spiro atoms. The van der Waals surface area contributed by atoms with Gasteiger partial charge in [-0.25, -0.2) is 4.39 Å². The van der Waals surface area contributed by atoms with Gasteiger partial charge in [0.1, 0.15) is 6.17 Å². The molecule has 2 aliphatic heterocycles. The van der Waals surface area contributed by atoms with Gasteiger partial charge < -0.3 is 4.90 Å². The van der Waals surface area contributed by atoms with Gasteiger partial charge in [0.05, 0.1) is 0 Å². The first kappa shape index (κ1) is 22.3. The van der Waals surface area contributed by atoms with Gasteiger partial charge in [-0.2, -0.15) is 0 Å². The third-order valence-electron chi connectivity index (χ3n) is 6.35. The maximum absolute atomic E-state index is 13.8. The highest BCUT2D eigenvalue weighted by Gasteiger charge is 2.21. The van der Waals surface area contributed by atoms with Gasteiger partial charge in [-0.3, -0.25) is 4.99 Å². The number of alkyl halides is 1. The van der Waals surface area contributed by atoms with E-state index in [1.807, 2.05) is 0 Å². The third-order valence-corrected chi connectivity index (χ3v) is 6.35. The summed E-state index contributed by atoms with van der Waals surface area (Å²) in [5, 5.41) is 0. The zero-order valence-corrected chi connectivity index (χ0v) is 19.0. The first-order valence-electron chi connectivity index (χ1n) is 11.0. The van der Waals surface area contributed by atoms with Crippen molar-refractivity contribution in [1.29, 1.82) is 0 Å². The molecule has 2 aliphatic rings. The fraction of sp³-hybridized carbons (Fsp3) is 0.444. The number of aliphatic imine (C=N–C) groups is 1. The van der Waals surface area contributed by atoms with Crippen LogP contribution in [0.2, 0.25) is 0 Å². The summed E-state index contributed by atoms with van der Waals surface area (Å²) in [5.41, 5.74) is 10.5. The van der Waals surface area contributed by atoms with Crippen LogP contribution < -0.4 is 0 Å². The van der Waals surface area contributed by atoms with Crippen LogP contribution >= 0.6 is 0 Å². The van der Waals surface area contributed by atoms with Crippen LogP contribution in [0, 0.1) is 13.8 Å². The van der Waals surface area contributed by atoms with Gasteiger partial charge in [0.2, 0.25) is 0 Å². The lowest BCUT2D eigenvalue weighted by Crippen LogP contribution is -2.34. The molecule has 1 unspecified atom stereocenters. The van der Waals surface area contributed by atoms with E-state index in [0.717, 1.165) is 54.9 Å². The number of likely N-dealkylation sites (tertiary alicyclic amines) is 1. The molecule has 0 bridgehead atoms. The van der Waals surface area contributed by atoms with Gasteiger partial charge in [-0.05, 0) is 104 Å². The van der Waals surface area contributed by atoms with Crippen LogP contribution in [0.15, 0.2) is 59.2 Å². The number of piperidine rings is 1. The minimum absolute atomic E-state index is 0.456. The summed E-state index contributed by atoms with van der Waals surface area (Å²) < 4.78 is 13.8. The van der Waals surface area contributed by atoms with Gasteiger partial charge in [-0.1, -0.05) is 25.3 Å². The Kier molecular flexibility index (Phi) is 7.12. The number of dihydropyridines is 1. The van der Waals surface area contributed by atoms with Crippen LogP contribution in [0.3, 0.4) is 0 Å². The molecule has 30 heavy (non-hydrogen) atoms. The molecule has 3 rings (SSSR count). The third kappa shape index (κ3) is 5.19. The highest BCUT2D eigenvalue weighted by molar-refractivity contribution is 6.01. The van der Waals surface area contributed by atoms with Crippen molar-refractivity contribution in [3.8, 4) is 0 Å². The molecule has 0 aliphatic carbocycles. The number of hydrogen-bond acceptors (Lipinski definition) is 2. The fourth-order valence-corrected chi connectivity index (χ4v) is 4.33. The summed E-state index contributed by atoms with van der Waals surface area (Å²) in [4.78, 5) is 6.64. The van der Waals surface area contributed by atoms with Crippen LogP contribution in [-0.4, -0.2) is 36.4 Å². The van der Waals surface area contributed by atoms with Crippen molar-refractivity contribution in [3.63, 3.8) is 0 Å². The lowest BCUT2D eigenvalue weighted by molar-refractivity contribution is 0.188. The first-order valence-corrected chi connectivity index (χ1v) is 11.0. The molecule has 1 aromatic rings. The number of nitrogens with zero attached hydrogens (tertiary/aromatic N) is 2. The second-order valence-corrected chi connectivity index (χ2v) is 8.74. The smallest absolute Gasteiger partial charge is 0.118 e. The van der Waals surface area contributed by atoms with Gasteiger partial charge in [0.15, 0.2) is 0 Å². The molecule has 0 amide bonds. The Hall–Kier alpha value is -2.42. The quantitative estimate of drug-likeness (QED) is 0.490. The molecule has 160 valence electrons. The van der Waals surface area contributed by atoms with Crippen LogP contribution in [0.25, 0.3) is 5.70 Å². The van der Waals surface area contributed by atoms with Gasteiger partial charge in [0.25, 0.3) is 0 Å². The molecule has 2 nitrogen and oxygen atoms in total. The van der Waals surface area contributed by atoms with E-state index in [-0.39, 0.29) is 0 Å². The van der Waals surface area contributed by atoms with E-state index >= 15 is 0 Å². The second-order valence-electron chi connectivity index (χ2n) is 8.74. The van der Waals surface area contributed by atoms with Crippen molar-refractivity contribution < 1.29 is 4.39 Å². The summed E-state index contributed by atoms with van der Waals surface area (Å²) in [5.74, 6) is 0.